The van der Waals surface area contributed by atoms with Crippen molar-refractivity contribution in [3.05, 3.63) is 0 Å². The molecule has 0 aliphatic rings. The maximum atomic E-state index is 10.9. The summed E-state index contributed by atoms with van der Waals surface area (Å²) in [7, 11) is 1.35. The second-order valence-electron chi connectivity index (χ2n) is 2.88. The van der Waals surface area contributed by atoms with Gasteiger partial charge in [-0.25, -0.2) is 0 Å². The summed E-state index contributed by atoms with van der Waals surface area (Å²) >= 11 is 11.3. The fourth-order valence-corrected chi connectivity index (χ4v) is 1.45. The van der Waals surface area contributed by atoms with Crippen molar-refractivity contribution >= 4 is 29.2 Å². The summed E-state index contributed by atoms with van der Waals surface area (Å²) in [5.74, 6) is 0.375. The Balaban J connectivity index is 3.26. The molecule has 0 aromatic heterocycles. The fraction of sp³-hybridized carbons (Fsp3) is 0.889. The van der Waals surface area contributed by atoms with E-state index in [2.05, 4.69) is 4.74 Å². The lowest BCUT2D eigenvalue weighted by Gasteiger charge is -2.05. The van der Waals surface area contributed by atoms with E-state index in [9.17, 15) is 4.79 Å². The molecule has 0 bridgehead atoms. The van der Waals surface area contributed by atoms with Gasteiger partial charge in [0.15, 0.2) is 0 Å². The van der Waals surface area contributed by atoms with Gasteiger partial charge in [-0.15, -0.1) is 23.2 Å². The summed E-state index contributed by atoms with van der Waals surface area (Å²) < 4.78 is 4.50. The summed E-state index contributed by atoms with van der Waals surface area (Å²) in [6.45, 7) is 0. The Morgan fingerprint density at radius 3 is 2.46 bits per heavy atom. The van der Waals surface area contributed by atoms with Crippen LogP contribution >= 0.6 is 23.2 Å². The van der Waals surface area contributed by atoms with E-state index in [0.29, 0.717) is 12.3 Å². The smallest absolute Gasteiger partial charge is 0.323 e. The molecule has 2 nitrogen and oxygen atoms in total. The Morgan fingerprint density at radius 1 is 1.31 bits per heavy atom. The summed E-state index contributed by atoms with van der Waals surface area (Å²) in [5, 5.41) is -0.485. The number of carbonyl (C=O) groups excluding carboxylic acids is 1. The summed E-state index contributed by atoms with van der Waals surface area (Å²) in [5.41, 5.74) is 0. The molecular formula is C9H16Cl2O2. The normalized spacial score (nSPS) is 12.5. The van der Waals surface area contributed by atoms with Crippen LogP contribution in [0.4, 0.5) is 0 Å². The standard InChI is InChI=1S/C9H16Cl2O2/c1-13-9(12)8(11)6-4-2-3-5-7-10/h8H,2-7H2,1H3. The first-order valence-corrected chi connectivity index (χ1v) is 5.47. The van der Waals surface area contributed by atoms with Gasteiger partial charge in [-0.2, -0.15) is 0 Å². The van der Waals surface area contributed by atoms with Gasteiger partial charge in [0.2, 0.25) is 0 Å². The second-order valence-corrected chi connectivity index (χ2v) is 3.79. The highest BCUT2D eigenvalue weighted by Gasteiger charge is 2.14. The van der Waals surface area contributed by atoms with Gasteiger partial charge in [0.25, 0.3) is 0 Å². The molecule has 0 aliphatic carbocycles. The molecule has 0 spiro atoms. The molecule has 0 saturated heterocycles. The van der Waals surface area contributed by atoms with E-state index in [1.54, 1.807) is 0 Å². The third kappa shape index (κ3) is 7.15. The van der Waals surface area contributed by atoms with E-state index in [4.69, 9.17) is 23.2 Å². The maximum absolute atomic E-state index is 10.9. The number of ether oxygens (including phenoxy) is 1. The first-order chi connectivity index (χ1) is 6.22. The maximum Gasteiger partial charge on any atom is 0.323 e. The second kappa shape index (κ2) is 8.64. The number of hydrogen-bond acceptors (Lipinski definition) is 2. The van der Waals surface area contributed by atoms with Crippen molar-refractivity contribution in [1.29, 1.82) is 0 Å². The number of hydrogen-bond donors (Lipinski definition) is 0. The van der Waals surface area contributed by atoms with E-state index < -0.39 is 5.38 Å². The van der Waals surface area contributed by atoms with Crippen LogP contribution in [-0.2, 0) is 9.53 Å². The van der Waals surface area contributed by atoms with Crippen LogP contribution < -0.4 is 0 Å². The van der Waals surface area contributed by atoms with Gasteiger partial charge in [0.1, 0.15) is 5.38 Å². The van der Waals surface area contributed by atoms with Gasteiger partial charge in [0.05, 0.1) is 7.11 Å². The summed E-state index contributed by atoms with van der Waals surface area (Å²) in [6.07, 6.45) is 4.87. The monoisotopic (exact) mass is 226 g/mol. The molecule has 0 aromatic carbocycles. The molecule has 0 fully saturated rings. The molecule has 0 saturated carbocycles. The minimum Gasteiger partial charge on any atom is -0.468 e. The van der Waals surface area contributed by atoms with E-state index in [1.807, 2.05) is 0 Å². The molecule has 78 valence electrons. The minimum absolute atomic E-state index is 0.334. The molecule has 0 aromatic rings. The Morgan fingerprint density at radius 2 is 1.92 bits per heavy atom. The average Bonchev–Trinajstić information content (AvgIpc) is 2.16. The SMILES string of the molecule is COC(=O)C(Cl)CCCCCCCl. The number of methoxy groups -OCH3 is 1. The van der Waals surface area contributed by atoms with Gasteiger partial charge in [0, 0.05) is 5.88 Å². The van der Waals surface area contributed by atoms with Crippen LogP contribution in [0.2, 0.25) is 0 Å². The highest BCUT2D eigenvalue weighted by Crippen LogP contribution is 2.11. The Kier molecular flexibility index (Phi) is 8.67. The van der Waals surface area contributed by atoms with Crippen LogP contribution in [0.25, 0.3) is 0 Å². The molecule has 13 heavy (non-hydrogen) atoms. The first-order valence-electron chi connectivity index (χ1n) is 4.50. The van der Waals surface area contributed by atoms with Gasteiger partial charge < -0.3 is 4.74 Å². The lowest BCUT2D eigenvalue weighted by atomic mass is 10.1. The van der Waals surface area contributed by atoms with Crippen molar-refractivity contribution in [2.24, 2.45) is 0 Å². The van der Waals surface area contributed by atoms with Crippen LogP contribution in [0.1, 0.15) is 32.1 Å². The van der Waals surface area contributed by atoms with Crippen molar-refractivity contribution in [2.75, 3.05) is 13.0 Å². The van der Waals surface area contributed by atoms with Crippen molar-refractivity contribution in [3.63, 3.8) is 0 Å². The predicted molar refractivity (Wildman–Crippen MR) is 55.5 cm³/mol. The number of halogens is 2. The van der Waals surface area contributed by atoms with Crippen LogP contribution in [0, 0.1) is 0 Å². The topological polar surface area (TPSA) is 26.3 Å². The number of unbranched alkanes of at least 4 members (excludes halogenated alkanes) is 3. The largest absolute Gasteiger partial charge is 0.468 e. The Hall–Kier alpha value is 0.0500. The van der Waals surface area contributed by atoms with Crippen LogP contribution in [0.5, 0.6) is 0 Å². The lowest BCUT2D eigenvalue weighted by molar-refractivity contribution is -0.140. The number of esters is 1. The van der Waals surface area contributed by atoms with Gasteiger partial charge in [-0.05, 0) is 12.8 Å². The van der Waals surface area contributed by atoms with E-state index in [-0.39, 0.29) is 5.97 Å². The van der Waals surface area contributed by atoms with Crippen molar-refractivity contribution in [2.45, 2.75) is 37.5 Å². The number of alkyl halides is 2. The van der Waals surface area contributed by atoms with Gasteiger partial charge >= 0.3 is 5.97 Å². The fourth-order valence-electron chi connectivity index (χ4n) is 1.02. The zero-order valence-electron chi connectivity index (χ0n) is 7.89. The summed E-state index contributed by atoms with van der Waals surface area (Å²) in [6, 6.07) is 0. The van der Waals surface area contributed by atoms with Crippen LogP contribution in [-0.4, -0.2) is 24.3 Å². The third-order valence-electron chi connectivity index (χ3n) is 1.80. The lowest BCUT2D eigenvalue weighted by Crippen LogP contribution is -2.15. The van der Waals surface area contributed by atoms with Crippen molar-refractivity contribution in [3.8, 4) is 0 Å². The molecule has 1 atom stereocenters. The average molecular weight is 227 g/mol. The van der Waals surface area contributed by atoms with Crippen LogP contribution in [0.15, 0.2) is 0 Å². The molecule has 0 amide bonds. The number of carbonyl (C=O) groups is 1. The highest BCUT2D eigenvalue weighted by molar-refractivity contribution is 6.29. The minimum atomic E-state index is -0.485. The predicted octanol–water partition coefficient (Wildman–Crippen LogP) is 2.96. The highest BCUT2D eigenvalue weighted by atomic mass is 35.5. The summed E-state index contributed by atoms with van der Waals surface area (Å²) in [4.78, 5) is 10.9. The molecule has 0 aliphatic heterocycles. The molecule has 0 rings (SSSR count). The molecule has 0 N–H and O–H groups in total. The van der Waals surface area contributed by atoms with E-state index in [1.165, 1.54) is 7.11 Å². The molecule has 1 unspecified atom stereocenters. The van der Waals surface area contributed by atoms with Gasteiger partial charge in [-0.3, -0.25) is 4.79 Å². The quantitative estimate of drug-likeness (QED) is 0.379. The Bertz CT molecular complexity index is 140. The molecule has 0 heterocycles. The zero-order chi connectivity index (χ0) is 10.1. The van der Waals surface area contributed by atoms with E-state index in [0.717, 1.165) is 25.7 Å². The van der Waals surface area contributed by atoms with E-state index >= 15 is 0 Å². The molecule has 4 heteroatoms. The van der Waals surface area contributed by atoms with Crippen molar-refractivity contribution < 1.29 is 9.53 Å². The van der Waals surface area contributed by atoms with Gasteiger partial charge in [-0.1, -0.05) is 19.3 Å². The molecule has 0 radical (unpaired) electrons. The zero-order valence-corrected chi connectivity index (χ0v) is 9.40. The van der Waals surface area contributed by atoms with Crippen molar-refractivity contribution in [1.82, 2.24) is 0 Å². The van der Waals surface area contributed by atoms with Crippen LogP contribution in [0.3, 0.4) is 0 Å². The first kappa shape index (κ1) is 13.1. The Labute approximate surface area is 89.5 Å². The number of rotatable bonds is 7. The molecular weight excluding hydrogens is 211 g/mol. The third-order valence-corrected chi connectivity index (χ3v) is 2.46.